The molecule has 1 aromatic heterocycles. The summed E-state index contributed by atoms with van der Waals surface area (Å²) in [7, 11) is 0. The predicted octanol–water partition coefficient (Wildman–Crippen LogP) is -0.176. The lowest BCUT2D eigenvalue weighted by Crippen LogP contribution is -2.42. The lowest BCUT2D eigenvalue weighted by atomic mass is 10.0. The summed E-state index contributed by atoms with van der Waals surface area (Å²) in [6.07, 6.45) is -6.46. The van der Waals surface area contributed by atoms with Crippen LogP contribution in [0.1, 0.15) is 11.9 Å². The van der Waals surface area contributed by atoms with Gasteiger partial charge in [-0.25, -0.2) is 4.98 Å². The molecule has 1 heterocycles. The van der Waals surface area contributed by atoms with E-state index in [0.29, 0.717) is 11.0 Å². The molecule has 3 aromatic rings. The number of benzene rings is 2. The van der Waals surface area contributed by atoms with E-state index in [1.165, 1.54) is 0 Å². The Bertz CT molecular complexity index is 766. The topological polar surface area (TPSA) is 130 Å². The minimum absolute atomic E-state index is 0.0759. The quantitative estimate of drug-likeness (QED) is 0.387. The normalized spacial score (nSPS) is 17.3. The fourth-order valence-electron chi connectivity index (χ4n) is 2.54. The molecule has 23 heavy (non-hydrogen) atoms. The summed E-state index contributed by atoms with van der Waals surface area (Å²) >= 11 is 0. The zero-order valence-electron chi connectivity index (χ0n) is 12.2. The highest BCUT2D eigenvalue weighted by Gasteiger charge is 2.32. The van der Waals surface area contributed by atoms with E-state index in [9.17, 15) is 20.4 Å². The van der Waals surface area contributed by atoms with Crippen molar-refractivity contribution in [3.05, 3.63) is 42.2 Å². The summed E-state index contributed by atoms with van der Waals surface area (Å²) in [4.78, 5) is 7.13. The van der Waals surface area contributed by atoms with Crippen LogP contribution in [-0.2, 0) is 0 Å². The first-order valence-corrected chi connectivity index (χ1v) is 7.23. The molecule has 0 radical (unpaired) electrons. The molecule has 0 bridgehead atoms. The standard InChI is InChI=1S/C16H18N2O5/c19-7-12(20)13(21)14(22)15(23)16-17-10-5-8-3-1-2-4-9(8)6-11(10)18-16/h1-6,12-15,19-23H,7H2,(H,17,18)/t12-,13-,14+,15-/m1/s1. The van der Waals surface area contributed by atoms with Crippen molar-refractivity contribution in [2.45, 2.75) is 24.4 Å². The first-order valence-electron chi connectivity index (χ1n) is 7.23. The zero-order chi connectivity index (χ0) is 16.6. The van der Waals surface area contributed by atoms with Gasteiger partial charge >= 0.3 is 0 Å². The van der Waals surface area contributed by atoms with Crippen LogP contribution in [0.5, 0.6) is 0 Å². The van der Waals surface area contributed by atoms with Gasteiger partial charge in [-0.05, 0) is 22.9 Å². The molecular weight excluding hydrogens is 300 g/mol. The van der Waals surface area contributed by atoms with Gasteiger partial charge in [-0.15, -0.1) is 0 Å². The number of nitrogens with zero attached hydrogens (tertiary/aromatic N) is 1. The molecule has 7 heteroatoms. The zero-order valence-corrected chi connectivity index (χ0v) is 12.2. The summed E-state index contributed by atoms with van der Waals surface area (Å²) in [6.45, 7) is -0.726. The number of H-pyrrole nitrogens is 1. The molecule has 0 saturated heterocycles. The van der Waals surface area contributed by atoms with Crippen molar-refractivity contribution < 1.29 is 25.5 Å². The molecule has 0 unspecified atom stereocenters. The van der Waals surface area contributed by atoms with Crippen LogP contribution in [0.2, 0.25) is 0 Å². The Hall–Kier alpha value is -2.03. The van der Waals surface area contributed by atoms with Gasteiger partial charge in [0.05, 0.1) is 17.6 Å². The fraction of sp³-hybridized carbons (Fsp3) is 0.312. The van der Waals surface area contributed by atoms with Crippen molar-refractivity contribution >= 4 is 21.8 Å². The van der Waals surface area contributed by atoms with Crippen LogP contribution >= 0.6 is 0 Å². The van der Waals surface area contributed by atoms with Crippen LogP contribution in [0.15, 0.2) is 36.4 Å². The van der Waals surface area contributed by atoms with E-state index >= 15 is 0 Å². The largest absolute Gasteiger partial charge is 0.394 e. The van der Waals surface area contributed by atoms with Crippen LogP contribution in [0.3, 0.4) is 0 Å². The first-order chi connectivity index (χ1) is 11.0. The van der Waals surface area contributed by atoms with Crippen molar-refractivity contribution in [2.24, 2.45) is 0 Å². The number of nitrogens with one attached hydrogen (secondary N) is 1. The van der Waals surface area contributed by atoms with Crippen LogP contribution in [-0.4, -0.2) is 60.4 Å². The number of hydrogen-bond donors (Lipinski definition) is 6. The Kier molecular flexibility index (Phi) is 4.29. The van der Waals surface area contributed by atoms with Crippen molar-refractivity contribution in [1.29, 1.82) is 0 Å². The lowest BCUT2D eigenvalue weighted by molar-refractivity contribution is -0.117. The minimum Gasteiger partial charge on any atom is -0.394 e. The van der Waals surface area contributed by atoms with Crippen molar-refractivity contribution in [3.8, 4) is 0 Å². The number of aliphatic hydroxyl groups excluding tert-OH is 5. The molecule has 122 valence electrons. The Morgan fingerprint density at radius 1 is 0.957 bits per heavy atom. The minimum atomic E-state index is -1.69. The second kappa shape index (κ2) is 6.23. The highest BCUT2D eigenvalue weighted by atomic mass is 16.4. The Balaban J connectivity index is 1.94. The third-order valence-electron chi connectivity index (χ3n) is 3.90. The molecule has 0 spiro atoms. The van der Waals surface area contributed by atoms with Gasteiger partial charge in [0.1, 0.15) is 30.2 Å². The van der Waals surface area contributed by atoms with Gasteiger partial charge in [-0.3, -0.25) is 0 Å². The maximum absolute atomic E-state index is 10.1. The molecule has 0 aliphatic heterocycles. The molecule has 4 atom stereocenters. The monoisotopic (exact) mass is 318 g/mol. The number of aliphatic hydroxyl groups is 5. The predicted molar refractivity (Wildman–Crippen MR) is 83.7 cm³/mol. The Labute approximate surface area is 131 Å². The van der Waals surface area contributed by atoms with E-state index in [1.54, 1.807) is 0 Å². The van der Waals surface area contributed by atoms with Crippen molar-refractivity contribution in [1.82, 2.24) is 9.97 Å². The average Bonchev–Trinajstić information content (AvgIpc) is 2.99. The van der Waals surface area contributed by atoms with Gasteiger partial charge < -0.3 is 30.5 Å². The van der Waals surface area contributed by atoms with Crippen molar-refractivity contribution in [3.63, 3.8) is 0 Å². The Morgan fingerprint density at radius 2 is 1.61 bits per heavy atom. The van der Waals surface area contributed by atoms with Gasteiger partial charge in [0, 0.05) is 0 Å². The number of aromatic amines is 1. The van der Waals surface area contributed by atoms with Crippen molar-refractivity contribution in [2.75, 3.05) is 6.61 Å². The van der Waals surface area contributed by atoms with Crippen LogP contribution in [0.4, 0.5) is 0 Å². The van der Waals surface area contributed by atoms with Crippen LogP contribution in [0, 0.1) is 0 Å². The third kappa shape index (κ3) is 2.92. The molecule has 0 aliphatic rings. The van der Waals surface area contributed by atoms with Gasteiger partial charge in [0.2, 0.25) is 0 Å². The molecule has 6 N–H and O–H groups in total. The second-order valence-electron chi connectivity index (χ2n) is 5.51. The first kappa shape index (κ1) is 15.9. The smallest absolute Gasteiger partial charge is 0.140 e. The number of fused-ring (bicyclic) bond motifs is 2. The van der Waals surface area contributed by atoms with E-state index in [2.05, 4.69) is 9.97 Å². The maximum Gasteiger partial charge on any atom is 0.140 e. The molecule has 2 aromatic carbocycles. The lowest BCUT2D eigenvalue weighted by Gasteiger charge is -2.24. The molecule has 7 nitrogen and oxygen atoms in total. The molecular formula is C16H18N2O5. The summed E-state index contributed by atoms with van der Waals surface area (Å²) in [5, 5.41) is 49.9. The number of imidazole rings is 1. The van der Waals surface area contributed by atoms with E-state index < -0.39 is 31.0 Å². The van der Waals surface area contributed by atoms with Gasteiger partial charge in [0.25, 0.3) is 0 Å². The SMILES string of the molecule is OC[C@@H](O)[C@@H](O)[C@H](O)[C@@H](O)c1nc2cc3ccccc3cc2[nH]1. The second-order valence-corrected chi connectivity index (χ2v) is 5.51. The molecule has 3 rings (SSSR count). The van der Waals surface area contributed by atoms with Gasteiger partial charge in [-0.2, -0.15) is 0 Å². The number of rotatable bonds is 5. The molecule has 0 amide bonds. The summed E-state index contributed by atoms with van der Waals surface area (Å²) in [5.74, 6) is 0.0759. The maximum atomic E-state index is 10.1. The molecule has 0 saturated carbocycles. The van der Waals surface area contributed by atoms with E-state index in [0.717, 1.165) is 10.8 Å². The molecule has 0 aliphatic carbocycles. The van der Waals surface area contributed by atoms with E-state index in [-0.39, 0.29) is 5.82 Å². The highest BCUT2D eigenvalue weighted by Crippen LogP contribution is 2.25. The average molecular weight is 318 g/mol. The number of aromatic nitrogens is 2. The third-order valence-corrected chi connectivity index (χ3v) is 3.90. The fourth-order valence-corrected chi connectivity index (χ4v) is 2.54. The Morgan fingerprint density at radius 3 is 2.26 bits per heavy atom. The highest BCUT2D eigenvalue weighted by molar-refractivity contribution is 5.95. The van der Waals surface area contributed by atoms with Gasteiger partial charge in [0.15, 0.2) is 0 Å². The van der Waals surface area contributed by atoms with Crippen LogP contribution < -0.4 is 0 Å². The van der Waals surface area contributed by atoms with Gasteiger partial charge in [-0.1, -0.05) is 24.3 Å². The summed E-state index contributed by atoms with van der Waals surface area (Å²) in [5.41, 5.74) is 1.30. The number of hydrogen-bond acceptors (Lipinski definition) is 6. The van der Waals surface area contributed by atoms with Crippen LogP contribution in [0.25, 0.3) is 21.8 Å². The van der Waals surface area contributed by atoms with E-state index in [4.69, 9.17) is 5.11 Å². The molecule has 0 fully saturated rings. The van der Waals surface area contributed by atoms with E-state index in [1.807, 2.05) is 36.4 Å². The summed E-state index contributed by atoms with van der Waals surface area (Å²) < 4.78 is 0. The summed E-state index contributed by atoms with van der Waals surface area (Å²) in [6, 6.07) is 11.4.